The molecule has 2 nitrogen and oxygen atoms in total. The molecule has 2 aliphatic rings. The minimum Gasteiger partial charge on any atom is -0.387 e. The number of amidine groups is 1. The number of nitrogens with two attached hydrogens (primary N) is 1. The summed E-state index contributed by atoms with van der Waals surface area (Å²) in [5, 5.41) is 0. The Morgan fingerprint density at radius 3 is 2.57 bits per heavy atom. The van der Waals surface area contributed by atoms with Gasteiger partial charge in [0, 0.05) is 12.5 Å². The summed E-state index contributed by atoms with van der Waals surface area (Å²) >= 11 is 0. The van der Waals surface area contributed by atoms with Crippen molar-refractivity contribution in [2.75, 3.05) is 6.54 Å². The zero-order valence-corrected chi connectivity index (χ0v) is 9.21. The summed E-state index contributed by atoms with van der Waals surface area (Å²) < 4.78 is 0. The second kappa shape index (κ2) is 4.33. The minimum atomic E-state index is 0.647. The third-order valence-corrected chi connectivity index (χ3v) is 3.79. The van der Waals surface area contributed by atoms with E-state index in [1.807, 2.05) is 0 Å². The predicted octanol–water partition coefficient (Wildman–Crippen LogP) is 2.58. The van der Waals surface area contributed by atoms with Crippen molar-refractivity contribution in [3.05, 3.63) is 0 Å². The molecule has 2 fully saturated rings. The van der Waals surface area contributed by atoms with E-state index in [1.54, 1.807) is 0 Å². The Morgan fingerprint density at radius 2 is 1.93 bits per heavy atom. The standard InChI is InChI=1S/C12H22N2/c1-9-4-2-3-5-11(9)8-14-12(13)10-6-7-10/h9-11H,2-8H2,1H3,(H2,13,14). The van der Waals surface area contributed by atoms with Crippen LogP contribution in [0, 0.1) is 17.8 Å². The van der Waals surface area contributed by atoms with Crippen molar-refractivity contribution in [2.24, 2.45) is 28.5 Å². The van der Waals surface area contributed by atoms with Gasteiger partial charge in [-0.2, -0.15) is 0 Å². The van der Waals surface area contributed by atoms with Crippen LogP contribution in [0.3, 0.4) is 0 Å². The third kappa shape index (κ3) is 2.49. The van der Waals surface area contributed by atoms with Crippen LogP contribution in [0.5, 0.6) is 0 Å². The Kier molecular flexibility index (Phi) is 3.09. The molecule has 0 amide bonds. The fourth-order valence-electron chi connectivity index (χ4n) is 2.40. The zero-order chi connectivity index (χ0) is 9.97. The summed E-state index contributed by atoms with van der Waals surface area (Å²) in [5.74, 6) is 3.25. The first-order valence-corrected chi connectivity index (χ1v) is 6.07. The highest BCUT2D eigenvalue weighted by Crippen LogP contribution is 2.31. The van der Waals surface area contributed by atoms with E-state index < -0.39 is 0 Å². The Balaban J connectivity index is 1.80. The monoisotopic (exact) mass is 194 g/mol. The summed E-state index contributed by atoms with van der Waals surface area (Å²) in [4.78, 5) is 4.55. The molecule has 2 N–H and O–H groups in total. The van der Waals surface area contributed by atoms with Crippen molar-refractivity contribution < 1.29 is 0 Å². The Morgan fingerprint density at radius 1 is 1.21 bits per heavy atom. The SMILES string of the molecule is CC1CCCCC1CN=C(N)C1CC1. The number of hydrogen-bond acceptors (Lipinski definition) is 1. The van der Waals surface area contributed by atoms with Crippen LogP contribution < -0.4 is 5.73 Å². The summed E-state index contributed by atoms with van der Waals surface area (Å²) in [6.07, 6.45) is 8.12. The third-order valence-electron chi connectivity index (χ3n) is 3.79. The van der Waals surface area contributed by atoms with Gasteiger partial charge in [-0.05, 0) is 31.1 Å². The van der Waals surface area contributed by atoms with Crippen LogP contribution in [0.25, 0.3) is 0 Å². The van der Waals surface area contributed by atoms with Crippen LogP contribution in [-0.4, -0.2) is 12.4 Å². The molecule has 0 aromatic carbocycles. The quantitative estimate of drug-likeness (QED) is 0.544. The fourth-order valence-corrected chi connectivity index (χ4v) is 2.40. The summed E-state index contributed by atoms with van der Waals surface area (Å²) in [6, 6.07) is 0. The van der Waals surface area contributed by atoms with Crippen LogP contribution in [0.1, 0.15) is 45.4 Å². The normalized spacial score (nSPS) is 34.5. The Bertz CT molecular complexity index is 218. The van der Waals surface area contributed by atoms with Gasteiger partial charge in [0.05, 0.1) is 5.84 Å². The fraction of sp³-hybridized carbons (Fsp3) is 0.917. The molecule has 0 aliphatic heterocycles. The van der Waals surface area contributed by atoms with E-state index in [0.29, 0.717) is 5.92 Å². The van der Waals surface area contributed by atoms with Gasteiger partial charge in [0.15, 0.2) is 0 Å². The molecule has 2 heteroatoms. The van der Waals surface area contributed by atoms with Gasteiger partial charge in [-0.15, -0.1) is 0 Å². The summed E-state index contributed by atoms with van der Waals surface area (Å²) in [5.41, 5.74) is 5.89. The lowest BCUT2D eigenvalue weighted by molar-refractivity contribution is 0.263. The van der Waals surface area contributed by atoms with Crippen molar-refractivity contribution in [1.82, 2.24) is 0 Å². The number of rotatable bonds is 3. The van der Waals surface area contributed by atoms with E-state index in [1.165, 1.54) is 38.5 Å². The average molecular weight is 194 g/mol. The van der Waals surface area contributed by atoms with Crippen LogP contribution >= 0.6 is 0 Å². The molecule has 2 rings (SSSR count). The second-order valence-electron chi connectivity index (χ2n) is 5.06. The van der Waals surface area contributed by atoms with E-state index in [4.69, 9.17) is 5.73 Å². The van der Waals surface area contributed by atoms with Crippen LogP contribution in [0.2, 0.25) is 0 Å². The van der Waals surface area contributed by atoms with Crippen molar-refractivity contribution >= 4 is 5.84 Å². The number of nitrogens with zero attached hydrogens (tertiary/aromatic N) is 1. The van der Waals surface area contributed by atoms with Crippen molar-refractivity contribution in [2.45, 2.75) is 45.4 Å². The second-order valence-corrected chi connectivity index (χ2v) is 5.06. The predicted molar refractivity (Wildman–Crippen MR) is 60.3 cm³/mol. The van der Waals surface area contributed by atoms with Crippen molar-refractivity contribution in [3.63, 3.8) is 0 Å². The van der Waals surface area contributed by atoms with Gasteiger partial charge >= 0.3 is 0 Å². The molecule has 0 radical (unpaired) electrons. The minimum absolute atomic E-state index is 0.647. The zero-order valence-electron chi connectivity index (χ0n) is 9.21. The molecule has 14 heavy (non-hydrogen) atoms. The highest BCUT2D eigenvalue weighted by molar-refractivity contribution is 5.84. The first-order valence-electron chi connectivity index (χ1n) is 6.07. The van der Waals surface area contributed by atoms with E-state index in [2.05, 4.69) is 11.9 Å². The molecular formula is C12H22N2. The van der Waals surface area contributed by atoms with Gasteiger partial charge in [-0.3, -0.25) is 4.99 Å². The first kappa shape index (κ1) is 10.0. The lowest BCUT2D eigenvalue weighted by atomic mass is 9.80. The number of aliphatic imine (C=N–C) groups is 1. The molecule has 0 spiro atoms. The maximum Gasteiger partial charge on any atom is 0.0968 e. The van der Waals surface area contributed by atoms with Gasteiger partial charge in [0.1, 0.15) is 0 Å². The molecule has 2 aliphatic carbocycles. The molecule has 80 valence electrons. The average Bonchev–Trinajstić information content (AvgIpc) is 2.99. The molecule has 2 atom stereocenters. The van der Waals surface area contributed by atoms with Gasteiger partial charge in [-0.25, -0.2) is 0 Å². The van der Waals surface area contributed by atoms with Gasteiger partial charge in [0.25, 0.3) is 0 Å². The lowest BCUT2D eigenvalue weighted by Gasteiger charge is -2.27. The van der Waals surface area contributed by atoms with Gasteiger partial charge in [0.2, 0.25) is 0 Å². The Labute approximate surface area is 87.0 Å². The summed E-state index contributed by atoms with van der Waals surface area (Å²) in [6.45, 7) is 3.36. The smallest absolute Gasteiger partial charge is 0.0968 e. The topological polar surface area (TPSA) is 38.4 Å². The van der Waals surface area contributed by atoms with Crippen LogP contribution in [0.4, 0.5) is 0 Å². The largest absolute Gasteiger partial charge is 0.387 e. The summed E-state index contributed by atoms with van der Waals surface area (Å²) in [7, 11) is 0. The maximum atomic E-state index is 5.89. The molecule has 0 bridgehead atoms. The van der Waals surface area contributed by atoms with Crippen LogP contribution in [0.15, 0.2) is 4.99 Å². The molecule has 0 aromatic rings. The van der Waals surface area contributed by atoms with E-state index in [9.17, 15) is 0 Å². The van der Waals surface area contributed by atoms with Crippen LogP contribution in [-0.2, 0) is 0 Å². The molecule has 2 unspecified atom stereocenters. The molecule has 0 heterocycles. The first-order chi connectivity index (χ1) is 6.77. The highest BCUT2D eigenvalue weighted by Gasteiger charge is 2.26. The molecule has 0 aromatic heterocycles. The van der Waals surface area contributed by atoms with Gasteiger partial charge < -0.3 is 5.73 Å². The van der Waals surface area contributed by atoms with E-state index in [0.717, 1.165) is 24.2 Å². The highest BCUT2D eigenvalue weighted by atomic mass is 14.9. The maximum absolute atomic E-state index is 5.89. The van der Waals surface area contributed by atoms with E-state index >= 15 is 0 Å². The lowest BCUT2D eigenvalue weighted by Crippen LogP contribution is -2.22. The van der Waals surface area contributed by atoms with Crippen molar-refractivity contribution in [3.8, 4) is 0 Å². The van der Waals surface area contributed by atoms with Gasteiger partial charge in [-0.1, -0.05) is 26.2 Å². The van der Waals surface area contributed by atoms with Crippen molar-refractivity contribution in [1.29, 1.82) is 0 Å². The molecular weight excluding hydrogens is 172 g/mol. The number of hydrogen-bond donors (Lipinski definition) is 1. The molecule has 2 saturated carbocycles. The molecule has 0 saturated heterocycles. The van der Waals surface area contributed by atoms with E-state index in [-0.39, 0.29) is 0 Å². The Hall–Kier alpha value is -0.530.